The predicted octanol–water partition coefficient (Wildman–Crippen LogP) is 3.86. The third-order valence-corrected chi connectivity index (χ3v) is 4.76. The number of aromatic nitrogens is 2. The van der Waals surface area contributed by atoms with Gasteiger partial charge in [-0.25, -0.2) is 0 Å². The van der Waals surface area contributed by atoms with Crippen LogP contribution in [-0.2, 0) is 17.8 Å². The SMILES string of the molecule is CCc1c(C(=O)N(C)CC(=O)Nc2cccc(Cl)c2)cnn1Cc1ccccc1. The van der Waals surface area contributed by atoms with Gasteiger partial charge >= 0.3 is 0 Å². The van der Waals surface area contributed by atoms with E-state index in [2.05, 4.69) is 10.4 Å². The highest BCUT2D eigenvalue weighted by atomic mass is 35.5. The van der Waals surface area contributed by atoms with E-state index in [1.54, 1.807) is 37.5 Å². The van der Waals surface area contributed by atoms with Crippen molar-refractivity contribution in [2.24, 2.45) is 0 Å². The fourth-order valence-electron chi connectivity index (χ4n) is 3.11. The van der Waals surface area contributed by atoms with E-state index in [0.29, 0.717) is 29.2 Å². The van der Waals surface area contributed by atoms with Crippen molar-refractivity contribution >= 4 is 29.1 Å². The summed E-state index contributed by atoms with van der Waals surface area (Å²) in [5, 5.41) is 7.68. The van der Waals surface area contributed by atoms with Gasteiger partial charge in [-0.2, -0.15) is 5.10 Å². The van der Waals surface area contributed by atoms with E-state index in [1.807, 2.05) is 41.9 Å². The lowest BCUT2D eigenvalue weighted by molar-refractivity contribution is -0.116. The summed E-state index contributed by atoms with van der Waals surface area (Å²) >= 11 is 5.93. The zero-order valence-electron chi connectivity index (χ0n) is 16.4. The number of likely N-dealkylation sites (N-methyl/N-ethyl adjacent to an activating group) is 1. The summed E-state index contributed by atoms with van der Waals surface area (Å²) in [5.74, 6) is -0.528. The van der Waals surface area contributed by atoms with Crippen molar-refractivity contribution in [1.29, 1.82) is 0 Å². The van der Waals surface area contributed by atoms with E-state index >= 15 is 0 Å². The van der Waals surface area contributed by atoms with Gasteiger partial charge in [-0.3, -0.25) is 14.3 Å². The highest BCUT2D eigenvalue weighted by molar-refractivity contribution is 6.30. The second-order valence-corrected chi connectivity index (χ2v) is 7.16. The standard InChI is InChI=1S/C22H23ClN4O2/c1-3-20-19(13-24-27(20)14-16-8-5-4-6-9-16)22(29)26(2)15-21(28)25-18-11-7-10-17(23)12-18/h4-13H,3,14-15H2,1-2H3,(H,25,28). The first kappa shape index (κ1) is 20.6. The Labute approximate surface area is 175 Å². The molecule has 0 aliphatic heterocycles. The van der Waals surface area contributed by atoms with Crippen molar-refractivity contribution < 1.29 is 9.59 Å². The predicted molar refractivity (Wildman–Crippen MR) is 114 cm³/mol. The van der Waals surface area contributed by atoms with Crippen LogP contribution in [0, 0.1) is 0 Å². The maximum absolute atomic E-state index is 12.9. The molecule has 0 unspecified atom stereocenters. The fraction of sp³-hybridized carbons (Fsp3) is 0.227. The van der Waals surface area contributed by atoms with E-state index in [4.69, 9.17) is 11.6 Å². The molecule has 150 valence electrons. The van der Waals surface area contributed by atoms with Crippen LogP contribution in [0.2, 0.25) is 5.02 Å². The molecule has 0 spiro atoms. The van der Waals surface area contributed by atoms with Crippen LogP contribution in [0.1, 0.15) is 28.5 Å². The number of nitrogens with zero attached hydrogens (tertiary/aromatic N) is 3. The van der Waals surface area contributed by atoms with Crippen molar-refractivity contribution in [2.75, 3.05) is 18.9 Å². The highest BCUT2D eigenvalue weighted by Gasteiger charge is 2.21. The number of nitrogens with one attached hydrogen (secondary N) is 1. The molecule has 1 aromatic heterocycles. The first-order chi connectivity index (χ1) is 14.0. The van der Waals surface area contributed by atoms with Crippen LogP contribution in [0.3, 0.4) is 0 Å². The van der Waals surface area contributed by atoms with Crippen LogP contribution < -0.4 is 5.32 Å². The summed E-state index contributed by atoms with van der Waals surface area (Å²) in [6.07, 6.45) is 2.24. The van der Waals surface area contributed by atoms with Gasteiger partial charge in [-0.1, -0.05) is 54.9 Å². The topological polar surface area (TPSA) is 67.2 Å². The molecule has 3 aromatic rings. The lowest BCUT2D eigenvalue weighted by Gasteiger charge is -2.17. The zero-order chi connectivity index (χ0) is 20.8. The largest absolute Gasteiger partial charge is 0.332 e. The lowest BCUT2D eigenvalue weighted by atomic mass is 10.1. The molecule has 0 aliphatic carbocycles. The summed E-state index contributed by atoms with van der Waals surface area (Å²) in [5.41, 5.74) is 3.06. The molecule has 2 aromatic carbocycles. The fourth-order valence-corrected chi connectivity index (χ4v) is 3.30. The summed E-state index contributed by atoms with van der Waals surface area (Å²) in [6.45, 7) is 2.51. The molecule has 2 amide bonds. The summed E-state index contributed by atoms with van der Waals surface area (Å²) in [6, 6.07) is 16.8. The molecule has 6 nitrogen and oxygen atoms in total. The van der Waals surface area contributed by atoms with E-state index in [-0.39, 0.29) is 18.4 Å². The quantitative estimate of drug-likeness (QED) is 0.643. The van der Waals surface area contributed by atoms with Gasteiger partial charge in [0.25, 0.3) is 5.91 Å². The number of hydrogen-bond acceptors (Lipinski definition) is 3. The second-order valence-electron chi connectivity index (χ2n) is 6.72. The molecule has 0 saturated carbocycles. The molecule has 3 rings (SSSR count). The number of amides is 2. The molecule has 0 radical (unpaired) electrons. The Hall–Kier alpha value is -3.12. The van der Waals surface area contributed by atoms with Crippen molar-refractivity contribution in [1.82, 2.24) is 14.7 Å². The molecule has 0 atom stereocenters. The van der Waals surface area contributed by atoms with Gasteiger partial charge in [0.15, 0.2) is 0 Å². The average Bonchev–Trinajstić information content (AvgIpc) is 3.10. The Morgan fingerprint density at radius 2 is 1.90 bits per heavy atom. The summed E-state index contributed by atoms with van der Waals surface area (Å²) < 4.78 is 1.84. The summed E-state index contributed by atoms with van der Waals surface area (Å²) in [7, 11) is 1.61. The smallest absolute Gasteiger partial charge is 0.257 e. The molecular formula is C22H23ClN4O2. The number of carbonyl (C=O) groups is 2. The van der Waals surface area contributed by atoms with Gasteiger partial charge in [0.1, 0.15) is 0 Å². The Balaban J connectivity index is 1.68. The third-order valence-electron chi connectivity index (χ3n) is 4.53. The van der Waals surface area contributed by atoms with Crippen LogP contribution in [-0.4, -0.2) is 40.1 Å². The van der Waals surface area contributed by atoms with Gasteiger partial charge in [0.05, 0.1) is 30.5 Å². The first-order valence-electron chi connectivity index (χ1n) is 9.37. The number of halogens is 1. The molecule has 7 heteroatoms. The minimum atomic E-state index is -0.294. The Bertz CT molecular complexity index is 1000. The molecule has 0 saturated heterocycles. The molecule has 0 aliphatic rings. The lowest BCUT2D eigenvalue weighted by Crippen LogP contribution is -2.35. The number of benzene rings is 2. The molecule has 1 heterocycles. The van der Waals surface area contributed by atoms with E-state index in [0.717, 1.165) is 11.3 Å². The third kappa shape index (κ3) is 5.23. The second kappa shape index (κ2) is 9.39. The average molecular weight is 411 g/mol. The van der Waals surface area contributed by atoms with Crippen LogP contribution in [0.25, 0.3) is 0 Å². The van der Waals surface area contributed by atoms with Crippen molar-refractivity contribution in [3.05, 3.63) is 82.6 Å². The Kier molecular flexibility index (Phi) is 6.67. The molecule has 0 bridgehead atoms. The van der Waals surface area contributed by atoms with Gasteiger partial charge in [-0.15, -0.1) is 0 Å². The van der Waals surface area contributed by atoms with Crippen molar-refractivity contribution in [3.63, 3.8) is 0 Å². The van der Waals surface area contributed by atoms with Crippen LogP contribution >= 0.6 is 11.6 Å². The molecular weight excluding hydrogens is 388 g/mol. The number of anilines is 1. The van der Waals surface area contributed by atoms with Crippen LogP contribution in [0.4, 0.5) is 5.69 Å². The maximum Gasteiger partial charge on any atom is 0.257 e. The van der Waals surface area contributed by atoms with E-state index in [9.17, 15) is 9.59 Å². The van der Waals surface area contributed by atoms with Gasteiger partial charge in [0, 0.05) is 17.8 Å². The minimum absolute atomic E-state index is 0.0711. The van der Waals surface area contributed by atoms with E-state index in [1.165, 1.54) is 4.90 Å². The zero-order valence-corrected chi connectivity index (χ0v) is 17.2. The highest BCUT2D eigenvalue weighted by Crippen LogP contribution is 2.16. The number of rotatable bonds is 7. The van der Waals surface area contributed by atoms with Gasteiger partial charge in [-0.05, 0) is 30.2 Å². The minimum Gasteiger partial charge on any atom is -0.332 e. The van der Waals surface area contributed by atoms with Crippen molar-refractivity contribution in [2.45, 2.75) is 19.9 Å². The normalized spacial score (nSPS) is 10.6. The van der Waals surface area contributed by atoms with Gasteiger partial charge in [0.2, 0.25) is 5.91 Å². The van der Waals surface area contributed by atoms with Gasteiger partial charge < -0.3 is 10.2 Å². The summed E-state index contributed by atoms with van der Waals surface area (Å²) in [4.78, 5) is 26.6. The van der Waals surface area contributed by atoms with Crippen LogP contribution in [0.15, 0.2) is 60.8 Å². The monoisotopic (exact) mass is 410 g/mol. The first-order valence-corrected chi connectivity index (χ1v) is 9.75. The molecule has 1 N–H and O–H groups in total. The van der Waals surface area contributed by atoms with Crippen molar-refractivity contribution in [3.8, 4) is 0 Å². The Morgan fingerprint density at radius 3 is 2.59 bits per heavy atom. The molecule has 0 fully saturated rings. The molecule has 29 heavy (non-hydrogen) atoms. The van der Waals surface area contributed by atoms with Crippen LogP contribution in [0.5, 0.6) is 0 Å². The number of carbonyl (C=O) groups excluding carboxylic acids is 2. The number of hydrogen-bond donors (Lipinski definition) is 1. The van der Waals surface area contributed by atoms with E-state index < -0.39 is 0 Å². The Morgan fingerprint density at radius 1 is 1.14 bits per heavy atom. The maximum atomic E-state index is 12.9.